The van der Waals surface area contributed by atoms with Crippen molar-refractivity contribution in [2.24, 2.45) is 0 Å². The molecule has 0 aliphatic carbocycles. The summed E-state index contributed by atoms with van der Waals surface area (Å²) in [6.45, 7) is 0. The molecule has 0 amide bonds. The van der Waals surface area contributed by atoms with Gasteiger partial charge >= 0.3 is 5.30 Å². The maximum atomic E-state index is 11.7. The van der Waals surface area contributed by atoms with E-state index in [0.717, 1.165) is 22.9 Å². The fourth-order valence-electron chi connectivity index (χ4n) is 1.56. The zero-order chi connectivity index (χ0) is 14.9. The van der Waals surface area contributed by atoms with Gasteiger partial charge in [0.25, 0.3) is 0 Å². The van der Waals surface area contributed by atoms with Gasteiger partial charge < -0.3 is 4.74 Å². The number of thiocarbonyl (C=S) groups is 1. The number of ether oxygens (including phenoxy) is 1. The van der Waals surface area contributed by atoms with Gasteiger partial charge in [0, 0.05) is 11.5 Å². The van der Waals surface area contributed by atoms with E-state index in [1.54, 1.807) is 0 Å². The van der Waals surface area contributed by atoms with Crippen molar-refractivity contribution in [3.05, 3.63) is 71.8 Å². The SMILES string of the molecule is O=C(OC(=S)SCc1ccccc1)SCc1ccccc1. The predicted octanol–water partition coefficient (Wildman–Crippen LogP) is 5.27. The highest BCUT2D eigenvalue weighted by atomic mass is 32.2. The summed E-state index contributed by atoms with van der Waals surface area (Å²) in [6, 6.07) is 19.7. The van der Waals surface area contributed by atoms with Gasteiger partial charge in [0.1, 0.15) is 0 Å². The molecule has 21 heavy (non-hydrogen) atoms. The molecule has 0 N–H and O–H groups in total. The molecule has 2 aromatic rings. The van der Waals surface area contributed by atoms with Crippen LogP contribution < -0.4 is 0 Å². The molecular weight excluding hydrogens is 320 g/mol. The molecule has 0 radical (unpaired) electrons. The molecule has 5 heteroatoms. The maximum Gasteiger partial charge on any atom is 0.374 e. The summed E-state index contributed by atoms with van der Waals surface area (Å²) in [5, 5.41) is -0.357. The van der Waals surface area contributed by atoms with E-state index in [4.69, 9.17) is 17.0 Å². The largest absolute Gasteiger partial charge is 0.400 e. The molecular formula is C16H14O2S3. The molecule has 2 aromatic carbocycles. The Labute approximate surface area is 138 Å². The van der Waals surface area contributed by atoms with Gasteiger partial charge in [-0.3, -0.25) is 0 Å². The molecule has 0 aromatic heterocycles. The lowest BCUT2D eigenvalue weighted by atomic mass is 10.2. The van der Waals surface area contributed by atoms with E-state index in [0.29, 0.717) is 11.5 Å². The fourth-order valence-corrected chi connectivity index (χ4v) is 3.15. The molecule has 0 atom stereocenters. The highest BCUT2D eigenvalue weighted by molar-refractivity contribution is 8.22. The number of thioether (sulfide) groups is 2. The van der Waals surface area contributed by atoms with Gasteiger partial charge in [-0.25, -0.2) is 4.79 Å². The van der Waals surface area contributed by atoms with Crippen LogP contribution in [0.5, 0.6) is 0 Å². The molecule has 0 aliphatic rings. The van der Waals surface area contributed by atoms with Gasteiger partial charge in [0.05, 0.1) is 0 Å². The number of hydrogen-bond donors (Lipinski definition) is 0. The van der Waals surface area contributed by atoms with E-state index in [-0.39, 0.29) is 9.68 Å². The molecule has 0 saturated heterocycles. The summed E-state index contributed by atoms with van der Waals surface area (Å²) in [6.07, 6.45) is 0. The minimum Gasteiger partial charge on any atom is -0.400 e. The Hall–Kier alpha value is -1.30. The predicted molar refractivity (Wildman–Crippen MR) is 94.6 cm³/mol. The molecule has 108 valence electrons. The number of benzene rings is 2. The van der Waals surface area contributed by atoms with Crippen LogP contribution in [0, 0.1) is 0 Å². The first-order valence-corrected chi connectivity index (χ1v) is 8.71. The second-order valence-electron chi connectivity index (χ2n) is 4.15. The van der Waals surface area contributed by atoms with Crippen LogP contribution in [0.25, 0.3) is 0 Å². The van der Waals surface area contributed by atoms with Crippen molar-refractivity contribution in [2.45, 2.75) is 11.5 Å². The molecule has 0 fully saturated rings. The maximum absolute atomic E-state index is 11.7. The van der Waals surface area contributed by atoms with Crippen LogP contribution in [0.3, 0.4) is 0 Å². The van der Waals surface area contributed by atoms with Gasteiger partial charge in [-0.2, -0.15) is 0 Å². The van der Waals surface area contributed by atoms with E-state index < -0.39 is 0 Å². The van der Waals surface area contributed by atoms with Crippen molar-refractivity contribution in [1.29, 1.82) is 0 Å². The average Bonchev–Trinajstić information content (AvgIpc) is 2.53. The summed E-state index contributed by atoms with van der Waals surface area (Å²) in [5.41, 5.74) is 2.24. The lowest BCUT2D eigenvalue weighted by Gasteiger charge is -2.05. The van der Waals surface area contributed by atoms with Crippen molar-refractivity contribution in [3.63, 3.8) is 0 Å². The van der Waals surface area contributed by atoms with Gasteiger partial charge in [-0.05, 0) is 35.1 Å². The molecule has 0 bridgehead atoms. The second kappa shape index (κ2) is 8.87. The van der Waals surface area contributed by atoms with Crippen molar-refractivity contribution >= 4 is 45.4 Å². The number of hydrogen-bond acceptors (Lipinski definition) is 5. The third kappa shape index (κ3) is 6.33. The monoisotopic (exact) mass is 334 g/mol. The Kier molecular flexibility index (Phi) is 6.79. The Morgan fingerprint density at radius 1 is 0.857 bits per heavy atom. The van der Waals surface area contributed by atoms with E-state index >= 15 is 0 Å². The molecule has 0 unspecified atom stereocenters. The Morgan fingerprint density at radius 2 is 1.33 bits per heavy atom. The van der Waals surface area contributed by atoms with Gasteiger partial charge in [-0.15, -0.1) is 0 Å². The number of carbonyl (C=O) groups excluding carboxylic acids is 1. The summed E-state index contributed by atoms with van der Waals surface area (Å²) >= 11 is 7.54. The number of rotatable bonds is 4. The Bertz CT molecular complexity index is 531. The first-order valence-electron chi connectivity index (χ1n) is 6.33. The number of carbonyl (C=O) groups is 1. The average molecular weight is 334 g/mol. The minimum absolute atomic E-state index is 0.268. The van der Waals surface area contributed by atoms with Crippen LogP contribution >= 0.6 is 35.7 Å². The molecule has 0 aliphatic heterocycles. The van der Waals surface area contributed by atoms with Crippen molar-refractivity contribution in [2.75, 3.05) is 0 Å². The van der Waals surface area contributed by atoms with Gasteiger partial charge in [0.15, 0.2) is 0 Å². The van der Waals surface area contributed by atoms with Crippen LogP contribution in [0.2, 0.25) is 0 Å². The standard InChI is InChI=1S/C16H14O2S3/c17-15(20-11-13-7-3-1-4-8-13)18-16(19)21-12-14-9-5-2-6-10-14/h1-10H,11-12H2. The molecule has 0 heterocycles. The van der Waals surface area contributed by atoms with Crippen LogP contribution in [0.15, 0.2) is 60.7 Å². The van der Waals surface area contributed by atoms with Crippen molar-refractivity contribution in [1.82, 2.24) is 0 Å². The molecule has 0 spiro atoms. The molecule has 2 nitrogen and oxygen atoms in total. The highest BCUT2D eigenvalue weighted by Gasteiger charge is 2.09. The van der Waals surface area contributed by atoms with Crippen molar-refractivity contribution < 1.29 is 9.53 Å². The fraction of sp³-hybridized carbons (Fsp3) is 0.125. The minimum atomic E-state index is -0.357. The van der Waals surface area contributed by atoms with Crippen LogP contribution in [-0.2, 0) is 16.2 Å². The summed E-state index contributed by atoms with van der Waals surface area (Å²) in [4.78, 5) is 11.7. The van der Waals surface area contributed by atoms with Crippen LogP contribution in [0.4, 0.5) is 4.79 Å². The summed E-state index contributed by atoms with van der Waals surface area (Å²) in [7, 11) is 0. The molecule has 0 saturated carbocycles. The quantitative estimate of drug-likeness (QED) is 0.560. The first kappa shape index (κ1) is 16.1. The Morgan fingerprint density at radius 3 is 1.86 bits per heavy atom. The zero-order valence-electron chi connectivity index (χ0n) is 11.2. The summed E-state index contributed by atoms with van der Waals surface area (Å²) in [5.74, 6) is 1.29. The highest BCUT2D eigenvalue weighted by Crippen LogP contribution is 2.19. The summed E-state index contributed by atoms with van der Waals surface area (Å²) < 4.78 is 5.38. The normalized spacial score (nSPS) is 10.1. The third-order valence-electron chi connectivity index (χ3n) is 2.57. The van der Waals surface area contributed by atoms with E-state index in [2.05, 4.69) is 0 Å². The van der Waals surface area contributed by atoms with Gasteiger partial charge in [0.2, 0.25) is 4.38 Å². The van der Waals surface area contributed by atoms with Crippen molar-refractivity contribution in [3.8, 4) is 0 Å². The van der Waals surface area contributed by atoms with Crippen LogP contribution in [-0.4, -0.2) is 9.68 Å². The lowest BCUT2D eigenvalue weighted by Crippen LogP contribution is -2.02. The Balaban J connectivity index is 1.69. The third-order valence-corrected chi connectivity index (χ3v) is 4.60. The van der Waals surface area contributed by atoms with Gasteiger partial charge in [-0.1, -0.05) is 72.4 Å². The van der Waals surface area contributed by atoms with E-state index in [9.17, 15) is 4.79 Å². The smallest absolute Gasteiger partial charge is 0.374 e. The second-order valence-corrected chi connectivity index (χ2v) is 6.64. The van der Waals surface area contributed by atoms with E-state index in [1.807, 2.05) is 60.7 Å². The first-order chi connectivity index (χ1) is 10.2. The zero-order valence-corrected chi connectivity index (χ0v) is 13.7. The molecule has 2 rings (SSSR count). The lowest BCUT2D eigenvalue weighted by molar-refractivity contribution is 0.227. The van der Waals surface area contributed by atoms with E-state index in [1.165, 1.54) is 11.8 Å². The topological polar surface area (TPSA) is 26.3 Å². The van der Waals surface area contributed by atoms with Crippen LogP contribution in [0.1, 0.15) is 11.1 Å².